The molecule has 5 nitrogen and oxygen atoms in total. The van der Waals surface area contributed by atoms with Crippen LogP contribution in [0, 0.1) is 12.8 Å². The van der Waals surface area contributed by atoms with Gasteiger partial charge in [-0.25, -0.2) is 0 Å². The van der Waals surface area contributed by atoms with Gasteiger partial charge in [-0.1, -0.05) is 73.4 Å². The summed E-state index contributed by atoms with van der Waals surface area (Å²) in [5.41, 5.74) is 11.3. The van der Waals surface area contributed by atoms with Gasteiger partial charge in [-0.15, -0.1) is 13.2 Å². The Labute approximate surface area is 269 Å². The van der Waals surface area contributed by atoms with E-state index in [0.717, 1.165) is 59.8 Å². The molecule has 2 saturated carbocycles. The third-order valence-corrected chi connectivity index (χ3v) is 9.86. The molecule has 3 N–H and O–H groups in total. The second-order valence-electron chi connectivity index (χ2n) is 13.4. The van der Waals surface area contributed by atoms with Crippen molar-refractivity contribution in [1.82, 2.24) is 9.88 Å². The first-order valence-corrected chi connectivity index (χ1v) is 16.7. The van der Waals surface area contributed by atoms with Crippen LogP contribution in [-0.4, -0.2) is 28.9 Å². The van der Waals surface area contributed by atoms with E-state index in [9.17, 15) is 18.0 Å². The fourth-order valence-electron chi connectivity index (χ4n) is 7.52. The van der Waals surface area contributed by atoms with E-state index in [1.165, 1.54) is 38.2 Å². The van der Waals surface area contributed by atoms with E-state index in [4.69, 9.17) is 5.73 Å². The fourth-order valence-corrected chi connectivity index (χ4v) is 7.52. The van der Waals surface area contributed by atoms with E-state index in [2.05, 4.69) is 33.0 Å². The molecular formula is C38H44F3N3O2. The Morgan fingerprint density at radius 1 is 0.957 bits per heavy atom. The summed E-state index contributed by atoms with van der Waals surface area (Å²) in [5, 5.41) is 4.23. The lowest BCUT2D eigenvalue weighted by atomic mass is 9.86. The molecule has 0 aliphatic heterocycles. The number of amides is 1. The number of para-hydroxylation sites is 1. The number of nitrogens with zero attached hydrogens (tertiary/aromatic N) is 1. The van der Waals surface area contributed by atoms with Crippen molar-refractivity contribution >= 4 is 16.8 Å². The quantitative estimate of drug-likeness (QED) is 0.194. The van der Waals surface area contributed by atoms with Crippen molar-refractivity contribution in [3.63, 3.8) is 0 Å². The number of carbonyl (C=O) groups is 1. The molecule has 0 spiro atoms. The number of hydrogen-bond acceptors (Lipinski definition) is 3. The standard InChI is InChI=1S/C38H44F3N3O2/c1-25-8-7-11-27(20-25)32(22-37(45)43-30-17-15-29(42)16-18-30)34-24-44(23-26-9-3-2-4-10-26)35-19-14-28(21-33(34)35)31-12-5-6-13-36(31)46-38(39,40)41/h5-8,11-14,19-21,24,26,29-30,32H,2-4,9-10,15-18,22-23,42H2,1H3,(H,43,45). The number of alkyl halides is 3. The first kappa shape index (κ1) is 32.2. The number of benzene rings is 3. The second kappa shape index (κ2) is 13.9. The SMILES string of the molecule is Cc1cccc(C(CC(=O)NC2CCC(N)CC2)c2cn(CC3CCCCC3)c3ccc(-c4ccccc4OC(F)(F)F)cc23)c1. The lowest BCUT2D eigenvalue weighted by Gasteiger charge is -2.27. The molecule has 1 amide bonds. The summed E-state index contributed by atoms with van der Waals surface area (Å²) in [6.45, 7) is 2.92. The molecule has 1 aromatic heterocycles. The molecule has 0 radical (unpaired) electrons. The number of aryl methyl sites for hydroxylation is 1. The molecule has 2 aliphatic rings. The molecule has 0 saturated heterocycles. The monoisotopic (exact) mass is 631 g/mol. The normalized spacial score (nSPS) is 20.0. The molecular weight excluding hydrogens is 587 g/mol. The van der Waals surface area contributed by atoms with Crippen molar-refractivity contribution in [1.29, 1.82) is 0 Å². The zero-order valence-corrected chi connectivity index (χ0v) is 26.5. The molecule has 1 heterocycles. The molecule has 0 bridgehead atoms. The molecule has 2 fully saturated rings. The van der Waals surface area contributed by atoms with Gasteiger partial charge in [-0.3, -0.25) is 4.79 Å². The van der Waals surface area contributed by atoms with Crippen LogP contribution in [0.2, 0.25) is 0 Å². The van der Waals surface area contributed by atoms with Gasteiger partial charge in [0, 0.05) is 53.6 Å². The molecule has 3 aromatic carbocycles. The summed E-state index contributed by atoms with van der Waals surface area (Å²) >= 11 is 0. The Balaban J connectivity index is 1.43. The highest BCUT2D eigenvalue weighted by Gasteiger charge is 2.32. The van der Waals surface area contributed by atoms with Gasteiger partial charge in [-0.05, 0) is 86.3 Å². The van der Waals surface area contributed by atoms with Gasteiger partial charge in [0.2, 0.25) is 5.91 Å². The summed E-state index contributed by atoms with van der Waals surface area (Å²) in [4.78, 5) is 13.7. The number of nitrogens with two attached hydrogens (primary N) is 1. The molecule has 244 valence electrons. The Morgan fingerprint density at radius 2 is 1.72 bits per heavy atom. The van der Waals surface area contributed by atoms with Gasteiger partial charge in [0.15, 0.2) is 0 Å². The highest BCUT2D eigenvalue weighted by atomic mass is 19.4. The molecule has 4 aromatic rings. The summed E-state index contributed by atoms with van der Waals surface area (Å²) in [6.07, 6.45) is 7.34. The van der Waals surface area contributed by atoms with Crippen LogP contribution in [0.15, 0.2) is 72.9 Å². The van der Waals surface area contributed by atoms with Crippen LogP contribution in [0.5, 0.6) is 5.75 Å². The highest BCUT2D eigenvalue weighted by Crippen LogP contribution is 2.40. The maximum atomic E-state index is 13.7. The lowest BCUT2D eigenvalue weighted by molar-refractivity contribution is -0.274. The molecule has 1 unspecified atom stereocenters. The summed E-state index contributed by atoms with van der Waals surface area (Å²) < 4.78 is 46.8. The maximum Gasteiger partial charge on any atom is 0.573 e. The summed E-state index contributed by atoms with van der Waals surface area (Å²) in [5.74, 6) is 0.0912. The Morgan fingerprint density at radius 3 is 2.46 bits per heavy atom. The number of halogens is 3. The predicted molar refractivity (Wildman–Crippen MR) is 177 cm³/mol. The van der Waals surface area contributed by atoms with Crippen LogP contribution in [0.4, 0.5) is 13.2 Å². The zero-order valence-electron chi connectivity index (χ0n) is 26.5. The number of carbonyl (C=O) groups excluding carboxylic acids is 1. The van der Waals surface area contributed by atoms with Gasteiger partial charge >= 0.3 is 6.36 Å². The summed E-state index contributed by atoms with van der Waals surface area (Å²) in [7, 11) is 0. The number of aromatic nitrogens is 1. The molecule has 8 heteroatoms. The van der Waals surface area contributed by atoms with Crippen LogP contribution in [0.25, 0.3) is 22.0 Å². The van der Waals surface area contributed by atoms with E-state index < -0.39 is 6.36 Å². The van der Waals surface area contributed by atoms with Gasteiger partial charge in [0.25, 0.3) is 0 Å². The predicted octanol–water partition coefficient (Wildman–Crippen LogP) is 9.00. The average Bonchev–Trinajstić information content (AvgIpc) is 3.38. The van der Waals surface area contributed by atoms with Crippen LogP contribution in [-0.2, 0) is 11.3 Å². The van der Waals surface area contributed by atoms with E-state index in [1.54, 1.807) is 18.2 Å². The van der Waals surface area contributed by atoms with Crippen molar-refractivity contribution in [2.24, 2.45) is 11.7 Å². The second-order valence-corrected chi connectivity index (χ2v) is 13.4. The van der Waals surface area contributed by atoms with Crippen LogP contribution in [0.3, 0.4) is 0 Å². The zero-order chi connectivity index (χ0) is 32.3. The van der Waals surface area contributed by atoms with Crippen LogP contribution in [0.1, 0.15) is 86.8 Å². The smallest absolute Gasteiger partial charge is 0.405 e. The van der Waals surface area contributed by atoms with E-state index in [1.807, 2.05) is 37.3 Å². The first-order valence-electron chi connectivity index (χ1n) is 16.7. The molecule has 6 rings (SSSR count). The number of ether oxygens (including phenoxy) is 1. The number of rotatable bonds is 9. The fraction of sp³-hybridized carbons (Fsp3) is 0.447. The van der Waals surface area contributed by atoms with Gasteiger partial charge in [0.1, 0.15) is 5.75 Å². The van der Waals surface area contributed by atoms with E-state index in [-0.39, 0.29) is 36.1 Å². The third kappa shape index (κ3) is 7.77. The minimum Gasteiger partial charge on any atom is -0.405 e. The van der Waals surface area contributed by atoms with Gasteiger partial charge in [0.05, 0.1) is 0 Å². The van der Waals surface area contributed by atoms with Crippen molar-refractivity contribution in [3.05, 3.63) is 89.6 Å². The maximum absolute atomic E-state index is 13.7. The third-order valence-electron chi connectivity index (χ3n) is 9.86. The minimum atomic E-state index is -4.80. The van der Waals surface area contributed by atoms with E-state index >= 15 is 0 Å². The van der Waals surface area contributed by atoms with Crippen LogP contribution >= 0.6 is 0 Å². The van der Waals surface area contributed by atoms with Crippen molar-refractivity contribution in [2.75, 3.05) is 0 Å². The lowest BCUT2D eigenvalue weighted by Crippen LogP contribution is -2.40. The highest BCUT2D eigenvalue weighted by molar-refractivity contribution is 5.91. The Kier molecular flexibility index (Phi) is 9.73. The van der Waals surface area contributed by atoms with Gasteiger partial charge in [-0.2, -0.15) is 0 Å². The van der Waals surface area contributed by atoms with Crippen molar-refractivity contribution in [2.45, 2.75) is 102 Å². The summed E-state index contributed by atoms with van der Waals surface area (Å²) in [6, 6.07) is 20.7. The van der Waals surface area contributed by atoms with Crippen molar-refractivity contribution in [3.8, 4) is 16.9 Å². The number of nitrogens with one attached hydrogen (secondary N) is 1. The largest absolute Gasteiger partial charge is 0.573 e. The van der Waals surface area contributed by atoms with E-state index in [0.29, 0.717) is 17.0 Å². The first-order chi connectivity index (χ1) is 22.1. The molecule has 1 atom stereocenters. The number of fused-ring (bicyclic) bond motifs is 1. The topological polar surface area (TPSA) is 69.3 Å². The number of hydrogen-bond donors (Lipinski definition) is 2. The molecule has 46 heavy (non-hydrogen) atoms. The van der Waals surface area contributed by atoms with Gasteiger partial charge < -0.3 is 20.4 Å². The minimum absolute atomic E-state index is 0.000218. The Hall–Kier alpha value is -3.78. The molecule has 2 aliphatic carbocycles. The average molecular weight is 632 g/mol. The van der Waals surface area contributed by atoms with Crippen LogP contribution < -0.4 is 15.8 Å². The Bertz CT molecular complexity index is 1650. The van der Waals surface area contributed by atoms with Crippen molar-refractivity contribution < 1.29 is 22.7 Å².